The maximum Gasteiger partial charge on any atom is 0.277 e. The molecule has 0 saturated heterocycles. The van der Waals surface area contributed by atoms with E-state index in [-0.39, 0.29) is 12.5 Å². The summed E-state index contributed by atoms with van der Waals surface area (Å²) in [5.41, 5.74) is 6.71. The second-order valence-electron chi connectivity index (χ2n) is 5.98. The number of carbonyl (C=O) groups is 1. The number of nitrogens with one attached hydrogen (secondary N) is 1. The molecule has 0 atom stereocenters. The summed E-state index contributed by atoms with van der Waals surface area (Å²) in [6.07, 6.45) is 1.61. The van der Waals surface area contributed by atoms with Gasteiger partial charge in [-0.25, -0.2) is 5.43 Å². The normalized spacial score (nSPS) is 10.7. The lowest BCUT2D eigenvalue weighted by Crippen LogP contribution is -2.24. The molecule has 1 N–H and O–H groups in total. The Balaban J connectivity index is 1.49. The number of carbonyl (C=O) groups excluding carboxylic acids is 1. The number of benzene rings is 3. The van der Waals surface area contributed by atoms with Crippen molar-refractivity contribution in [2.75, 3.05) is 6.61 Å². The Morgan fingerprint density at radius 2 is 1.74 bits per heavy atom. The number of halogens is 1. The zero-order valence-corrected chi connectivity index (χ0v) is 16.4. The van der Waals surface area contributed by atoms with Gasteiger partial charge in [-0.2, -0.15) is 5.10 Å². The van der Waals surface area contributed by atoms with Crippen LogP contribution in [0.15, 0.2) is 82.4 Å². The highest BCUT2D eigenvalue weighted by Gasteiger charge is 2.03. The summed E-state index contributed by atoms with van der Waals surface area (Å²) in [5.74, 6) is 0.332. The van der Waals surface area contributed by atoms with Crippen LogP contribution in [0.3, 0.4) is 0 Å². The third kappa shape index (κ3) is 5.53. The first-order chi connectivity index (χ1) is 13.1. The quantitative estimate of drug-likeness (QED) is 0.451. The standard InChI is InChI=1S/C22H19BrN2O2/c1-16-13-20(11-12-21(16)23)27-15-22(26)25-24-14-17-7-9-19(10-8-17)18-5-3-2-4-6-18/h2-14H,15H2,1H3,(H,25,26)/b24-14+. The second kappa shape index (κ2) is 9.14. The number of ether oxygens (including phenoxy) is 1. The first-order valence-electron chi connectivity index (χ1n) is 8.48. The van der Waals surface area contributed by atoms with Gasteiger partial charge in [-0.05, 0) is 47.4 Å². The fourth-order valence-electron chi connectivity index (χ4n) is 2.46. The number of hydrazone groups is 1. The van der Waals surface area contributed by atoms with Crippen LogP contribution in [0.4, 0.5) is 0 Å². The minimum absolute atomic E-state index is 0.0919. The molecule has 4 nitrogen and oxygen atoms in total. The molecule has 0 unspecified atom stereocenters. The van der Waals surface area contributed by atoms with Crippen molar-refractivity contribution in [1.82, 2.24) is 5.43 Å². The van der Waals surface area contributed by atoms with Crippen LogP contribution < -0.4 is 10.2 Å². The van der Waals surface area contributed by atoms with Crippen LogP contribution in [0.25, 0.3) is 11.1 Å². The van der Waals surface area contributed by atoms with Crippen LogP contribution in [0.2, 0.25) is 0 Å². The van der Waals surface area contributed by atoms with E-state index in [1.54, 1.807) is 6.21 Å². The molecule has 5 heteroatoms. The molecule has 1 amide bonds. The Morgan fingerprint density at radius 3 is 2.44 bits per heavy atom. The SMILES string of the molecule is Cc1cc(OCC(=O)N/N=C/c2ccc(-c3ccccc3)cc2)ccc1Br. The molecule has 0 fully saturated rings. The molecule has 0 spiro atoms. The molecular formula is C22H19BrN2O2. The number of aryl methyl sites for hydroxylation is 1. The predicted octanol–water partition coefficient (Wildman–Crippen LogP) is 4.95. The van der Waals surface area contributed by atoms with Crippen molar-refractivity contribution in [3.63, 3.8) is 0 Å². The minimum Gasteiger partial charge on any atom is -0.484 e. The highest BCUT2D eigenvalue weighted by atomic mass is 79.9. The molecular weight excluding hydrogens is 404 g/mol. The molecule has 27 heavy (non-hydrogen) atoms. The van der Waals surface area contributed by atoms with E-state index < -0.39 is 0 Å². The van der Waals surface area contributed by atoms with E-state index in [0.717, 1.165) is 26.7 Å². The first-order valence-corrected chi connectivity index (χ1v) is 9.27. The molecule has 0 bridgehead atoms. The number of hydrogen-bond acceptors (Lipinski definition) is 3. The van der Waals surface area contributed by atoms with E-state index >= 15 is 0 Å². The average Bonchev–Trinajstić information content (AvgIpc) is 2.70. The maximum atomic E-state index is 11.8. The van der Waals surface area contributed by atoms with Crippen LogP contribution in [-0.4, -0.2) is 18.7 Å². The Kier molecular flexibility index (Phi) is 6.39. The topological polar surface area (TPSA) is 50.7 Å². The molecule has 0 saturated carbocycles. The van der Waals surface area contributed by atoms with Crippen molar-refractivity contribution in [2.45, 2.75) is 6.92 Å². The molecule has 0 heterocycles. The van der Waals surface area contributed by atoms with Crippen molar-refractivity contribution in [1.29, 1.82) is 0 Å². The number of rotatable bonds is 6. The highest BCUT2D eigenvalue weighted by molar-refractivity contribution is 9.10. The average molecular weight is 423 g/mol. The van der Waals surface area contributed by atoms with E-state index in [9.17, 15) is 4.79 Å². The lowest BCUT2D eigenvalue weighted by Gasteiger charge is -2.06. The number of hydrogen-bond donors (Lipinski definition) is 1. The first kappa shape index (κ1) is 18.9. The van der Waals surface area contributed by atoms with E-state index in [4.69, 9.17) is 4.74 Å². The molecule has 3 aromatic carbocycles. The lowest BCUT2D eigenvalue weighted by atomic mass is 10.0. The molecule has 0 aromatic heterocycles. The Labute approximate surface area is 167 Å². The van der Waals surface area contributed by atoms with Gasteiger partial charge in [0.1, 0.15) is 5.75 Å². The second-order valence-corrected chi connectivity index (χ2v) is 6.84. The Morgan fingerprint density at radius 1 is 1.04 bits per heavy atom. The lowest BCUT2D eigenvalue weighted by molar-refractivity contribution is -0.123. The molecule has 0 radical (unpaired) electrons. The van der Waals surface area contributed by atoms with Crippen molar-refractivity contribution < 1.29 is 9.53 Å². The van der Waals surface area contributed by atoms with E-state index in [2.05, 4.69) is 38.6 Å². The van der Waals surface area contributed by atoms with Gasteiger partial charge in [0, 0.05) is 4.47 Å². The van der Waals surface area contributed by atoms with E-state index in [1.807, 2.05) is 67.6 Å². The molecule has 0 aliphatic heterocycles. The van der Waals surface area contributed by atoms with Gasteiger partial charge in [0.2, 0.25) is 0 Å². The van der Waals surface area contributed by atoms with Crippen molar-refractivity contribution in [3.8, 4) is 16.9 Å². The van der Waals surface area contributed by atoms with Gasteiger partial charge in [0.05, 0.1) is 6.21 Å². The van der Waals surface area contributed by atoms with E-state index in [0.29, 0.717) is 5.75 Å². The Hall–Kier alpha value is -2.92. The summed E-state index contributed by atoms with van der Waals surface area (Å²) < 4.78 is 6.47. The van der Waals surface area contributed by atoms with Crippen LogP contribution in [-0.2, 0) is 4.79 Å². The Bertz CT molecular complexity index is 938. The third-order valence-electron chi connectivity index (χ3n) is 3.92. The fraction of sp³-hybridized carbons (Fsp3) is 0.0909. The van der Waals surface area contributed by atoms with Crippen LogP contribution >= 0.6 is 15.9 Å². The molecule has 3 rings (SSSR count). The van der Waals surface area contributed by atoms with E-state index in [1.165, 1.54) is 0 Å². The molecule has 3 aromatic rings. The van der Waals surface area contributed by atoms with Crippen LogP contribution in [0, 0.1) is 6.92 Å². The summed E-state index contributed by atoms with van der Waals surface area (Å²) in [4.78, 5) is 11.8. The van der Waals surface area contributed by atoms with Gasteiger partial charge in [0.15, 0.2) is 6.61 Å². The van der Waals surface area contributed by atoms with Crippen molar-refractivity contribution in [2.24, 2.45) is 5.10 Å². The van der Waals surface area contributed by atoms with Crippen LogP contribution in [0.1, 0.15) is 11.1 Å². The monoisotopic (exact) mass is 422 g/mol. The smallest absolute Gasteiger partial charge is 0.277 e. The van der Waals surface area contributed by atoms with Crippen LogP contribution in [0.5, 0.6) is 5.75 Å². The third-order valence-corrected chi connectivity index (χ3v) is 4.81. The van der Waals surface area contributed by atoms with Gasteiger partial charge in [0.25, 0.3) is 5.91 Å². The van der Waals surface area contributed by atoms with Gasteiger partial charge in [-0.1, -0.05) is 70.5 Å². The zero-order chi connectivity index (χ0) is 19.1. The van der Waals surface area contributed by atoms with Crippen molar-refractivity contribution >= 4 is 28.1 Å². The van der Waals surface area contributed by atoms with Gasteiger partial charge >= 0.3 is 0 Å². The minimum atomic E-state index is -0.312. The largest absolute Gasteiger partial charge is 0.484 e. The molecule has 0 aliphatic carbocycles. The summed E-state index contributed by atoms with van der Waals surface area (Å²) in [5, 5.41) is 3.98. The fourth-order valence-corrected chi connectivity index (χ4v) is 2.71. The predicted molar refractivity (Wildman–Crippen MR) is 112 cm³/mol. The zero-order valence-electron chi connectivity index (χ0n) is 14.9. The molecule has 136 valence electrons. The molecule has 0 aliphatic rings. The van der Waals surface area contributed by atoms with Gasteiger partial charge in [-0.3, -0.25) is 4.79 Å². The van der Waals surface area contributed by atoms with Gasteiger partial charge < -0.3 is 4.74 Å². The number of amides is 1. The number of nitrogens with zero attached hydrogens (tertiary/aromatic N) is 1. The summed E-state index contributed by atoms with van der Waals surface area (Å²) in [6, 6.07) is 23.7. The maximum absolute atomic E-state index is 11.8. The highest BCUT2D eigenvalue weighted by Crippen LogP contribution is 2.21. The summed E-state index contributed by atoms with van der Waals surface area (Å²) in [6.45, 7) is 1.87. The van der Waals surface area contributed by atoms with Crippen molar-refractivity contribution in [3.05, 3.63) is 88.4 Å². The van der Waals surface area contributed by atoms with Gasteiger partial charge in [-0.15, -0.1) is 0 Å². The summed E-state index contributed by atoms with van der Waals surface area (Å²) >= 11 is 3.43. The summed E-state index contributed by atoms with van der Waals surface area (Å²) in [7, 11) is 0.